The molecule has 0 aromatic heterocycles. The second-order valence-corrected chi connectivity index (χ2v) is 5.87. The first kappa shape index (κ1) is 12.6. The minimum Gasteiger partial charge on any atom is -0.481 e. The van der Waals surface area contributed by atoms with Crippen LogP contribution in [0.2, 0.25) is 0 Å². The average Bonchev–Trinajstić information content (AvgIpc) is 2.93. The standard InChI is InChI=1S/C15H19NO3/c17-14(18)12-7-13(16-9-12)11-3-1-10(2-4-11)8-15(19)5-6-15/h1-4,12-13,16,19H,5-9H2,(H,17,18). The molecule has 3 N–H and O–H groups in total. The van der Waals surface area contributed by atoms with Gasteiger partial charge in [0, 0.05) is 19.0 Å². The summed E-state index contributed by atoms with van der Waals surface area (Å²) in [5.41, 5.74) is 1.83. The van der Waals surface area contributed by atoms with Gasteiger partial charge in [-0.25, -0.2) is 0 Å². The summed E-state index contributed by atoms with van der Waals surface area (Å²) in [6, 6.07) is 8.31. The lowest BCUT2D eigenvalue weighted by molar-refractivity contribution is -0.141. The van der Waals surface area contributed by atoms with Crippen molar-refractivity contribution in [3.8, 4) is 0 Å². The van der Waals surface area contributed by atoms with Crippen LogP contribution in [0.5, 0.6) is 0 Å². The molecule has 0 bridgehead atoms. The zero-order valence-corrected chi connectivity index (χ0v) is 10.8. The van der Waals surface area contributed by atoms with E-state index >= 15 is 0 Å². The van der Waals surface area contributed by atoms with Gasteiger partial charge in [-0.15, -0.1) is 0 Å². The lowest BCUT2D eigenvalue weighted by atomic mass is 9.98. The van der Waals surface area contributed by atoms with Crippen LogP contribution in [-0.4, -0.2) is 28.3 Å². The van der Waals surface area contributed by atoms with Gasteiger partial charge in [0.2, 0.25) is 0 Å². The topological polar surface area (TPSA) is 69.6 Å². The molecule has 0 radical (unpaired) electrons. The van der Waals surface area contributed by atoms with Gasteiger partial charge in [0.15, 0.2) is 0 Å². The van der Waals surface area contributed by atoms with Gasteiger partial charge in [-0.3, -0.25) is 4.79 Å². The zero-order chi connectivity index (χ0) is 13.5. The molecule has 102 valence electrons. The first-order valence-electron chi connectivity index (χ1n) is 6.83. The van der Waals surface area contributed by atoms with Gasteiger partial charge < -0.3 is 15.5 Å². The molecule has 4 nitrogen and oxygen atoms in total. The Balaban J connectivity index is 1.64. The summed E-state index contributed by atoms with van der Waals surface area (Å²) in [5, 5.41) is 22.1. The molecule has 4 heteroatoms. The summed E-state index contributed by atoms with van der Waals surface area (Å²) in [5.74, 6) is -1.00. The number of hydrogen-bond acceptors (Lipinski definition) is 3. The molecule has 1 aromatic carbocycles. The molecule has 19 heavy (non-hydrogen) atoms. The first-order valence-corrected chi connectivity index (χ1v) is 6.83. The first-order chi connectivity index (χ1) is 9.06. The molecule has 2 unspecified atom stereocenters. The number of rotatable bonds is 4. The van der Waals surface area contributed by atoms with E-state index in [1.165, 1.54) is 0 Å². The fourth-order valence-corrected chi connectivity index (χ4v) is 2.75. The van der Waals surface area contributed by atoms with Gasteiger partial charge in [0.05, 0.1) is 11.5 Å². The van der Waals surface area contributed by atoms with Crippen LogP contribution in [0.15, 0.2) is 24.3 Å². The Hall–Kier alpha value is -1.39. The highest BCUT2D eigenvalue weighted by molar-refractivity contribution is 5.70. The third kappa shape index (κ3) is 2.80. The number of carbonyl (C=O) groups is 1. The SMILES string of the molecule is O=C(O)C1CNC(c2ccc(CC3(O)CC3)cc2)C1. The number of aliphatic carboxylic acids is 1. The van der Waals surface area contributed by atoms with Crippen LogP contribution in [0, 0.1) is 5.92 Å². The van der Waals surface area contributed by atoms with E-state index < -0.39 is 11.6 Å². The lowest BCUT2D eigenvalue weighted by Gasteiger charge is -2.12. The minimum absolute atomic E-state index is 0.138. The Morgan fingerprint density at radius 2 is 2.00 bits per heavy atom. The van der Waals surface area contributed by atoms with Crippen LogP contribution in [0.3, 0.4) is 0 Å². The summed E-state index contributed by atoms with van der Waals surface area (Å²) < 4.78 is 0. The third-order valence-corrected chi connectivity index (χ3v) is 4.22. The molecule has 1 heterocycles. The number of benzene rings is 1. The van der Waals surface area contributed by atoms with Gasteiger partial charge in [0.1, 0.15) is 0 Å². The van der Waals surface area contributed by atoms with Crippen LogP contribution < -0.4 is 5.32 Å². The van der Waals surface area contributed by atoms with Gasteiger partial charge in [-0.2, -0.15) is 0 Å². The van der Waals surface area contributed by atoms with Crippen LogP contribution in [-0.2, 0) is 11.2 Å². The zero-order valence-electron chi connectivity index (χ0n) is 10.8. The van der Waals surface area contributed by atoms with Crippen molar-refractivity contribution in [1.82, 2.24) is 5.32 Å². The highest BCUT2D eigenvalue weighted by Crippen LogP contribution is 2.38. The van der Waals surface area contributed by atoms with E-state index in [4.69, 9.17) is 5.11 Å². The van der Waals surface area contributed by atoms with Crippen molar-refractivity contribution < 1.29 is 15.0 Å². The average molecular weight is 261 g/mol. The number of aliphatic hydroxyl groups is 1. The minimum atomic E-state index is -0.720. The largest absolute Gasteiger partial charge is 0.481 e. The Bertz CT molecular complexity index is 479. The summed E-state index contributed by atoms with van der Waals surface area (Å²) >= 11 is 0. The van der Waals surface area contributed by atoms with Crippen molar-refractivity contribution in [3.05, 3.63) is 35.4 Å². The Morgan fingerprint density at radius 3 is 2.53 bits per heavy atom. The second kappa shape index (κ2) is 4.62. The number of nitrogens with one attached hydrogen (secondary N) is 1. The van der Waals surface area contributed by atoms with Gasteiger partial charge in [0.25, 0.3) is 0 Å². The number of hydrogen-bond donors (Lipinski definition) is 3. The summed E-state index contributed by atoms with van der Waals surface area (Å²) in [7, 11) is 0. The highest BCUT2D eigenvalue weighted by Gasteiger charge is 2.40. The maximum atomic E-state index is 10.9. The van der Waals surface area contributed by atoms with Crippen molar-refractivity contribution in [3.63, 3.8) is 0 Å². The molecule has 1 aliphatic carbocycles. The van der Waals surface area contributed by atoms with Crippen LogP contribution in [0.4, 0.5) is 0 Å². The summed E-state index contributed by atoms with van der Waals surface area (Å²) in [6.07, 6.45) is 3.18. The second-order valence-electron chi connectivity index (χ2n) is 5.87. The van der Waals surface area contributed by atoms with Crippen LogP contribution >= 0.6 is 0 Å². The van der Waals surface area contributed by atoms with E-state index in [-0.39, 0.29) is 12.0 Å². The van der Waals surface area contributed by atoms with Crippen molar-refractivity contribution in [2.24, 2.45) is 5.92 Å². The third-order valence-electron chi connectivity index (χ3n) is 4.22. The molecule has 0 spiro atoms. The maximum Gasteiger partial charge on any atom is 0.307 e. The van der Waals surface area contributed by atoms with Crippen molar-refractivity contribution >= 4 is 5.97 Å². The molecule has 1 aliphatic heterocycles. The monoisotopic (exact) mass is 261 g/mol. The van der Waals surface area contributed by atoms with E-state index in [0.29, 0.717) is 13.0 Å². The molecular weight excluding hydrogens is 242 g/mol. The van der Waals surface area contributed by atoms with Crippen LogP contribution in [0.25, 0.3) is 0 Å². The lowest BCUT2D eigenvalue weighted by Crippen LogP contribution is -2.17. The molecule has 3 rings (SSSR count). The Morgan fingerprint density at radius 1 is 1.32 bits per heavy atom. The molecule has 0 amide bonds. The van der Waals surface area contributed by atoms with Crippen molar-refractivity contribution in [1.29, 1.82) is 0 Å². The predicted octanol–water partition coefficient (Wildman–Crippen LogP) is 1.49. The number of carboxylic acid groups (broad SMARTS) is 1. The molecule has 1 saturated heterocycles. The Labute approximate surface area is 112 Å². The molecule has 1 aromatic rings. The van der Waals surface area contributed by atoms with E-state index in [2.05, 4.69) is 5.32 Å². The van der Waals surface area contributed by atoms with Crippen molar-refractivity contribution in [2.75, 3.05) is 6.54 Å². The molecule has 2 atom stereocenters. The maximum absolute atomic E-state index is 10.9. The molecule has 2 fully saturated rings. The Kier molecular flexibility index (Phi) is 3.07. The summed E-state index contributed by atoms with van der Waals surface area (Å²) in [4.78, 5) is 10.9. The van der Waals surface area contributed by atoms with Crippen molar-refractivity contribution in [2.45, 2.75) is 37.3 Å². The quantitative estimate of drug-likeness (QED) is 0.768. The van der Waals surface area contributed by atoms with E-state index in [1.807, 2.05) is 24.3 Å². The predicted molar refractivity (Wildman–Crippen MR) is 70.8 cm³/mol. The van der Waals surface area contributed by atoms with Gasteiger partial charge in [-0.05, 0) is 30.4 Å². The van der Waals surface area contributed by atoms with E-state index in [9.17, 15) is 9.90 Å². The number of carboxylic acids is 1. The van der Waals surface area contributed by atoms with Gasteiger partial charge >= 0.3 is 5.97 Å². The molecule has 2 aliphatic rings. The highest BCUT2D eigenvalue weighted by atomic mass is 16.4. The van der Waals surface area contributed by atoms with Crippen LogP contribution in [0.1, 0.15) is 36.4 Å². The normalized spacial score (nSPS) is 28.3. The van der Waals surface area contributed by atoms with E-state index in [1.54, 1.807) is 0 Å². The fraction of sp³-hybridized carbons (Fsp3) is 0.533. The molecular formula is C15H19NO3. The molecule has 1 saturated carbocycles. The van der Waals surface area contributed by atoms with E-state index in [0.717, 1.165) is 30.4 Å². The summed E-state index contributed by atoms with van der Waals surface area (Å²) in [6.45, 7) is 0.543. The fourth-order valence-electron chi connectivity index (χ4n) is 2.75. The smallest absolute Gasteiger partial charge is 0.307 e. The van der Waals surface area contributed by atoms with Gasteiger partial charge in [-0.1, -0.05) is 24.3 Å².